The molecule has 1 saturated heterocycles. The van der Waals surface area contributed by atoms with Crippen molar-refractivity contribution in [2.24, 2.45) is 0 Å². The Hall–Kier alpha value is -1.03. The molecular formula is C7H9NO3. The van der Waals surface area contributed by atoms with E-state index >= 15 is 0 Å². The van der Waals surface area contributed by atoms with E-state index in [1.54, 1.807) is 0 Å². The lowest BCUT2D eigenvalue weighted by Gasteiger charge is -1.99. The van der Waals surface area contributed by atoms with Crippen LogP contribution in [0.3, 0.4) is 0 Å². The zero-order chi connectivity index (χ0) is 7.68. The molecule has 0 aliphatic carbocycles. The molecule has 0 spiro atoms. The van der Waals surface area contributed by atoms with Gasteiger partial charge in [-0.25, -0.2) is 9.95 Å². The van der Waals surface area contributed by atoms with Gasteiger partial charge in [-0.2, -0.15) is 0 Å². The molecule has 2 heterocycles. The zero-order valence-electron chi connectivity index (χ0n) is 6.00. The lowest BCUT2D eigenvalue weighted by Crippen LogP contribution is -1.97. The molecule has 4 heteroatoms. The van der Waals surface area contributed by atoms with E-state index in [0.717, 1.165) is 18.7 Å². The summed E-state index contributed by atoms with van der Waals surface area (Å²) >= 11 is 0. The van der Waals surface area contributed by atoms with Gasteiger partial charge in [0, 0.05) is 18.6 Å². The van der Waals surface area contributed by atoms with Gasteiger partial charge in [0.1, 0.15) is 0 Å². The van der Waals surface area contributed by atoms with Gasteiger partial charge in [0.2, 0.25) is 0 Å². The first kappa shape index (κ1) is 6.67. The van der Waals surface area contributed by atoms with Crippen molar-refractivity contribution in [3.63, 3.8) is 0 Å². The van der Waals surface area contributed by atoms with Crippen molar-refractivity contribution in [1.29, 1.82) is 0 Å². The van der Waals surface area contributed by atoms with Gasteiger partial charge >= 0.3 is 5.63 Å². The molecule has 1 aromatic rings. The van der Waals surface area contributed by atoms with E-state index in [1.807, 2.05) is 0 Å². The summed E-state index contributed by atoms with van der Waals surface area (Å²) in [6, 6.07) is 1.49. The summed E-state index contributed by atoms with van der Waals surface area (Å²) in [4.78, 5) is 10.6. The largest absolute Gasteiger partial charge is 0.381 e. The minimum absolute atomic E-state index is 0.313. The fraction of sp³-hybridized carbons (Fsp3) is 0.571. The number of aromatic nitrogens is 1. The van der Waals surface area contributed by atoms with Crippen molar-refractivity contribution >= 4 is 0 Å². The van der Waals surface area contributed by atoms with Crippen LogP contribution in [0.2, 0.25) is 0 Å². The first-order valence-electron chi connectivity index (χ1n) is 3.62. The summed E-state index contributed by atoms with van der Waals surface area (Å²) in [5, 5.41) is 2.58. The van der Waals surface area contributed by atoms with Crippen LogP contribution >= 0.6 is 0 Å². The molecule has 4 nitrogen and oxygen atoms in total. The summed E-state index contributed by atoms with van der Waals surface area (Å²) in [5.74, 6) is 0.321. The van der Waals surface area contributed by atoms with E-state index in [0.29, 0.717) is 12.5 Å². The summed E-state index contributed by atoms with van der Waals surface area (Å²) < 4.78 is 9.70. The molecule has 2 rings (SSSR count). The summed E-state index contributed by atoms with van der Waals surface area (Å²) in [5.41, 5.74) is 0.541. The Morgan fingerprint density at radius 3 is 3.09 bits per heavy atom. The normalized spacial score (nSPS) is 24.2. The van der Waals surface area contributed by atoms with Gasteiger partial charge in [0.15, 0.2) is 0 Å². The number of nitrogens with one attached hydrogen (secondary N) is 1. The predicted octanol–water partition coefficient (Wildman–Crippen LogP) is 0.472. The molecule has 60 valence electrons. The van der Waals surface area contributed by atoms with Crippen LogP contribution in [0.15, 0.2) is 15.4 Å². The quantitative estimate of drug-likeness (QED) is 0.641. The Morgan fingerprint density at radius 1 is 1.64 bits per heavy atom. The standard InChI is InChI=1S/C7H9NO3/c9-7-3-6(8-11-7)5-1-2-10-4-5/h3,5,8H,1-2,4H2. The Balaban J connectivity index is 2.21. The Kier molecular flexibility index (Phi) is 1.54. The van der Waals surface area contributed by atoms with Crippen LogP contribution in [-0.2, 0) is 4.74 Å². The van der Waals surface area contributed by atoms with Crippen LogP contribution in [0, 0.1) is 0 Å². The maximum Gasteiger partial charge on any atom is 0.357 e. The Bertz CT molecular complexity index is 282. The van der Waals surface area contributed by atoms with E-state index < -0.39 is 0 Å². The van der Waals surface area contributed by atoms with Crippen molar-refractivity contribution < 1.29 is 9.26 Å². The van der Waals surface area contributed by atoms with Crippen molar-refractivity contribution in [3.05, 3.63) is 22.2 Å². The second kappa shape index (κ2) is 2.54. The van der Waals surface area contributed by atoms with Gasteiger partial charge in [0.25, 0.3) is 0 Å². The first-order chi connectivity index (χ1) is 5.36. The van der Waals surface area contributed by atoms with E-state index in [2.05, 4.69) is 9.68 Å². The van der Waals surface area contributed by atoms with Crippen LogP contribution in [0.25, 0.3) is 0 Å². The van der Waals surface area contributed by atoms with E-state index in [1.165, 1.54) is 6.07 Å². The minimum Gasteiger partial charge on any atom is -0.381 e. The van der Waals surface area contributed by atoms with Crippen LogP contribution < -0.4 is 5.63 Å². The third kappa shape index (κ3) is 1.21. The third-order valence-corrected chi connectivity index (χ3v) is 1.91. The topological polar surface area (TPSA) is 55.2 Å². The number of ether oxygens (including phenoxy) is 1. The van der Waals surface area contributed by atoms with Gasteiger partial charge < -0.3 is 9.26 Å². The highest BCUT2D eigenvalue weighted by molar-refractivity contribution is 5.05. The number of H-pyrrole nitrogens is 1. The van der Waals surface area contributed by atoms with Gasteiger partial charge in [-0.15, -0.1) is 0 Å². The van der Waals surface area contributed by atoms with Crippen molar-refractivity contribution in [2.75, 3.05) is 13.2 Å². The minimum atomic E-state index is -0.313. The predicted molar refractivity (Wildman–Crippen MR) is 37.5 cm³/mol. The average Bonchev–Trinajstić information content (AvgIpc) is 2.55. The molecule has 11 heavy (non-hydrogen) atoms. The highest BCUT2D eigenvalue weighted by Gasteiger charge is 2.19. The summed E-state index contributed by atoms with van der Waals surface area (Å²) in [6.45, 7) is 1.47. The highest BCUT2D eigenvalue weighted by Crippen LogP contribution is 2.21. The summed E-state index contributed by atoms with van der Waals surface area (Å²) in [6.07, 6.45) is 0.968. The molecule has 0 bridgehead atoms. The molecule has 1 atom stereocenters. The van der Waals surface area contributed by atoms with Crippen LogP contribution in [0.5, 0.6) is 0 Å². The fourth-order valence-corrected chi connectivity index (χ4v) is 1.28. The van der Waals surface area contributed by atoms with Crippen molar-refractivity contribution in [3.8, 4) is 0 Å². The number of hydrogen-bond donors (Lipinski definition) is 1. The molecule has 1 aromatic heterocycles. The van der Waals surface area contributed by atoms with Gasteiger partial charge in [0.05, 0.1) is 12.3 Å². The maximum atomic E-state index is 10.6. The van der Waals surface area contributed by atoms with Gasteiger partial charge in [-0.3, -0.25) is 0 Å². The second-order valence-corrected chi connectivity index (χ2v) is 2.68. The van der Waals surface area contributed by atoms with E-state index in [4.69, 9.17) is 4.74 Å². The van der Waals surface area contributed by atoms with Crippen molar-refractivity contribution in [1.82, 2.24) is 5.16 Å². The van der Waals surface area contributed by atoms with Gasteiger partial charge in [-0.05, 0) is 6.42 Å². The third-order valence-electron chi connectivity index (χ3n) is 1.91. The number of rotatable bonds is 1. The van der Waals surface area contributed by atoms with E-state index in [9.17, 15) is 4.79 Å². The Labute approximate surface area is 63.1 Å². The molecule has 0 amide bonds. The molecule has 1 unspecified atom stereocenters. The molecule has 0 radical (unpaired) electrons. The summed E-state index contributed by atoms with van der Waals surface area (Å²) in [7, 11) is 0. The SMILES string of the molecule is O=c1cc(C2CCOC2)[nH]o1. The molecule has 1 fully saturated rings. The lowest BCUT2D eigenvalue weighted by atomic mass is 10.1. The monoisotopic (exact) mass is 155 g/mol. The fourth-order valence-electron chi connectivity index (χ4n) is 1.28. The number of aromatic amines is 1. The molecule has 0 saturated carbocycles. The molecule has 0 aromatic carbocycles. The molecule has 1 N–H and O–H groups in total. The van der Waals surface area contributed by atoms with Crippen LogP contribution in [0.4, 0.5) is 0 Å². The maximum absolute atomic E-state index is 10.6. The Morgan fingerprint density at radius 2 is 2.55 bits per heavy atom. The average molecular weight is 155 g/mol. The van der Waals surface area contributed by atoms with Crippen LogP contribution in [-0.4, -0.2) is 18.4 Å². The van der Waals surface area contributed by atoms with Gasteiger partial charge in [-0.1, -0.05) is 0 Å². The zero-order valence-corrected chi connectivity index (χ0v) is 6.00. The lowest BCUT2D eigenvalue weighted by molar-refractivity contribution is 0.193. The van der Waals surface area contributed by atoms with Crippen molar-refractivity contribution in [2.45, 2.75) is 12.3 Å². The van der Waals surface area contributed by atoms with Crippen LogP contribution in [0.1, 0.15) is 18.0 Å². The number of hydrogen-bond acceptors (Lipinski definition) is 3. The highest BCUT2D eigenvalue weighted by atomic mass is 16.5. The van der Waals surface area contributed by atoms with E-state index in [-0.39, 0.29) is 5.63 Å². The first-order valence-corrected chi connectivity index (χ1v) is 3.62. The smallest absolute Gasteiger partial charge is 0.357 e. The molecule has 1 aliphatic heterocycles. The second-order valence-electron chi connectivity index (χ2n) is 2.68. The molecular weight excluding hydrogens is 146 g/mol. The molecule has 1 aliphatic rings.